The molecule has 5 rings (SSSR count). The summed E-state index contributed by atoms with van der Waals surface area (Å²) in [5.41, 5.74) is 14.6. The van der Waals surface area contributed by atoms with Gasteiger partial charge in [0.05, 0.1) is 17.7 Å². The number of imidazole rings is 1. The zero-order valence-electron chi connectivity index (χ0n) is 22.6. The summed E-state index contributed by atoms with van der Waals surface area (Å²) in [6.45, 7) is 6.87. The lowest BCUT2D eigenvalue weighted by Gasteiger charge is -2.37. The molecule has 0 radical (unpaired) electrons. The maximum atomic E-state index is 12.7. The monoisotopic (exact) mass is 545 g/mol. The maximum Gasteiger partial charge on any atom is 0.410 e. The molecule has 0 N–H and O–H groups in total. The summed E-state index contributed by atoms with van der Waals surface area (Å²) in [4.78, 5) is 26.9. The predicted octanol–water partition coefficient (Wildman–Crippen LogP) is 7.15. The molecule has 9 nitrogen and oxygen atoms in total. The van der Waals surface area contributed by atoms with E-state index in [1.807, 2.05) is 56.8 Å². The second-order valence-corrected chi connectivity index (χ2v) is 11.6. The molecule has 1 aliphatic heterocycles. The van der Waals surface area contributed by atoms with Crippen molar-refractivity contribution in [3.63, 3.8) is 0 Å². The lowest BCUT2D eigenvalue weighted by molar-refractivity contribution is 0.0178. The Morgan fingerprint density at radius 3 is 2.69 bits per heavy atom. The number of benzene rings is 1. The first-order valence-corrected chi connectivity index (χ1v) is 13.5. The van der Waals surface area contributed by atoms with Crippen LogP contribution in [0.5, 0.6) is 0 Å². The number of hydrogen-bond acceptors (Lipinski definition) is 5. The van der Waals surface area contributed by atoms with Crippen LogP contribution >= 0.6 is 11.6 Å². The van der Waals surface area contributed by atoms with Crippen LogP contribution in [0.25, 0.3) is 22.1 Å². The summed E-state index contributed by atoms with van der Waals surface area (Å²) in [5.74, 6) is 0.209. The third kappa shape index (κ3) is 5.51. The van der Waals surface area contributed by atoms with Crippen LogP contribution in [0, 0.1) is 5.92 Å². The first kappa shape index (κ1) is 26.8. The number of pyridine rings is 1. The van der Waals surface area contributed by atoms with E-state index >= 15 is 0 Å². The second-order valence-electron chi connectivity index (χ2n) is 11.1. The van der Waals surface area contributed by atoms with Crippen LogP contribution in [-0.2, 0) is 11.8 Å². The molecule has 0 saturated carbocycles. The van der Waals surface area contributed by atoms with Crippen molar-refractivity contribution in [3.05, 3.63) is 92.6 Å². The molecular formula is C29H32ClN7O2. The fourth-order valence-electron chi connectivity index (χ4n) is 5.66. The maximum absolute atomic E-state index is 12.7. The number of likely N-dealkylation sites (tertiary alicyclic amines) is 1. The van der Waals surface area contributed by atoms with E-state index in [2.05, 4.69) is 33.2 Å². The van der Waals surface area contributed by atoms with Crippen LogP contribution in [0.4, 0.5) is 4.79 Å². The molecule has 2 atom stereocenters. The molecule has 1 aliphatic carbocycles. The van der Waals surface area contributed by atoms with E-state index in [4.69, 9.17) is 21.3 Å². The average molecular weight is 546 g/mol. The van der Waals surface area contributed by atoms with Crippen LogP contribution in [-0.4, -0.2) is 44.2 Å². The van der Waals surface area contributed by atoms with Crippen molar-refractivity contribution in [1.82, 2.24) is 19.4 Å². The zero-order chi connectivity index (χ0) is 27.7. The van der Waals surface area contributed by atoms with Gasteiger partial charge in [-0.3, -0.25) is 4.98 Å². The molecule has 1 fully saturated rings. The predicted molar refractivity (Wildman–Crippen MR) is 151 cm³/mol. The molecule has 1 saturated heterocycles. The summed E-state index contributed by atoms with van der Waals surface area (Å²) >= 11 is 6.56. The molecule has 1 aromatic carbocycles. The van der Waals surface area contributed by atoms with Crippen molar-refractivity contribution >= 4 is 29.3 Å². The third-order valence-corrected chi connectivity index (χ3v) is 7.63. The fraction of sp³-hybridized carbons (Fsp3) is 0.414. The van der Waals surface area contributed by atoms with Crippen molar-refractivity contribution in [3.8, 4) is 0 Å². The molecule has 0 spiro atoms. The molecule has 1 amide bonds. The molecule has 2 unspecified atom stereocenters. The Bertz CT molecular complexity index is 1460. The number of ether oxygens (including phenoxy) is 1. The van der Waals surface area contributed by atoms with Crippen LogP contribution in [0.1, 0.15) is 73.7 Å². The first-order valence-electron chi connectivity index (χ1n) is 13.1. The van der Waals surface area contributed by atoms with E-state index in [-0.39, 0.29) is 17.9 Å². The SMILES string of the molecule is Cn1cncc1C(N=[N+]=[N-])C1=Cc2cccnc2C(C2CCN(C(=O)OC(C)(C)C)CC2)c2ccc(Cl)cc21. The number of carbonyl (C=O) groups excluding carboxylic acids is 1. The smallest absolute Gasteiger partial charge is 0.410 e. The highest BCUT2D eigenvalue weighted by atomic mass is 35.5. The van der Waals surface area contributed by atoms with Gasteiger partial charge in [0.25, 0.3) is 0 Å². The molecule has 2 aliphatic rings. The Morgan fingerprint density at radius 1 is 1.26 bits per heavy atom. The van der Waals surface area contributed by atoms with E-state index in [0.717, 1.165) is 46.5 Å². The van der Waals surface area contributed by atoms with Gasteiger partial charge >= 0.3 is 6.09 Å². The van der Waals surface area contributed by atoms with Crippen LogP contribution < -0.4 is 0 Å². The van der Waals surface area contributed by atoms with Crippen molar-refractivity contribution in [1.29, 1.82) is 0 Å². The summed E-state index contributed by atoms with van der Waals surface area (Å²) in [6.07, 6.45) is 8.65. The standard InChI is InChI=1S/C29H32ClN7O2/c1-29(2,3)39-28(38)37-12-9-18(10-13-37)25-21-8-7-20(30)15-22(21)23(14-19-6-5-11-33-26(19)25)27(34-35-31)24-16-32-17-36(24)4/h5-8,11,14-18,25,27H,9-10,12-13H2,1-4H3. The topological polar surface area (TPSA) is 109 Å². The minimum Gasteiger partial charge on any atom is -0.444 e. The highest BCUT2D eigenvalue weighted by Crippen LogP contribution is 2.48. The largest absolute Gasteiger partial charge is 0.444 e. The lowest BCUT2D eigenvalue weighted by Crippen LogP contribution is -2.42. The number of azide groups is 1. The highest BCUT2D eigenvalue weighted by molar-refractivity contribution is 6.30. The number of aromatic nitrogens is 3. The van der Waals surface area contributed by atoms with Crippen LogP contribution in [0.3, 0.4) is 0 Å². The number of carbonyl (C=O) groups is 1. The summed E-state index contributed by atoms with van der Waals surface area (Å²) in [6, 6.07) is 9.28. The highest BCUT2D eigenvalue weighted by Gasteiger charge is 2.37. The van der Waals surface area contributed by atoms with Crippen molar-refractivity contribution in [2.45, 2.75) is 51.2 Å². The molecule has 39 heavy (non-hydrogen) atoms. The zero-order valence-corrected chi connectivity index (χ0v) is 23.3. The molecule has 202 valence electrons. The van der Waals surface area contributed by atoms with Crippen LogP contribution in [0.15, 0.2) is 54.2 Å². The van der Waals surface area contributed by atoms with Gasteiger partial charge in [-0.25, -0.2) is 9.78 Å². The second kappa shape index (κ2) is 10.8. The van der Waals surface area contributed by atoms with Gasteiger partial charge in [0.2, 0.25) is 0 Å². The van der Waals surface area contributed by atoms with Crippen LogP contribution in [0.2, 0.25) is 5.02 Å². The first-order chi connectivity index (χ1) is 18.7. The minimum absolute atomic E-state index is 0.0266. The minimum atomic E-state index is -0.611. The Kier molecular flexibility index (Phi) is 7.38. The molecule has 2 aromatic heterocycles. The van der Waals surface area contributed by atoms with Crippen molar-refractivity contribution in [2.75, 3.05) is 13.1 Å². The summed E-state index contributed by atoms with van der Waals surface area (Å²) in [5, 5.41) is 4.82. The Labute approximate surface area is 233 Å². The van der Waals surface area contributed by atoms with Gasteiger partial charge in [0, 0.05) is 48.4 Å². The lowest BCUT2D eigenvalue weighted by atomic mass is 9.75. The van der Waals surface area contributed by atoms with Gasteiger partial charge < -0.3 is 14.2 Å². The molecule has 10 heteroatoms. The normalized spacial score (nSPS) is 18.2. The fourth-order valence-corrected chi connectivity index (χ4v) is 5.83. The van der Waals surface area contributed by atoms with Gasteiger partial charge in [0.15, 0.2) is 0 Å². The number of piperidine rings is 1. The average Bonchev–Trinajstić information content (AvgIpc) is 3.26. The van der Waals surface area contributed by atoms with E-state index < -0.39 is 11.6 Å². The number of halogens is 1. The third-order valence-electron chi connectivity index (χ3n) is 7.40. The van der Waals surface area contributed by atoms with E-state index in [9.17, 15) is 10.3 Å². The van der Waals surface area contributed by atoms with Gasteiger partial charge in [-0.1, -0.05) is 28.8 Å². The van der Waals surface area contributed by atoms with Gasteiger partial charge in [-0.05, 0) is 91.6 Å². The summed E-state index contributed by atoms with van der Waals surface area (Å²) in [7, 11) is 1.88. The van der Waals surface area contributed by atoms with E-state index in [0.29, 0.717) is 18.1 Å². The summed E-state index contributed by atoms with van der Waals surface area (Å²) < 4.78 is 7.48. The number of nitrogens with zero attached hydrogens (tertiary/aromatic N) is 7. The number of hydrogen-bond donors (Lipinski definition) is 0. The molecular weight excluding hydrogens is 514 g/mol. The Balaban J connectivity index is 1.58. The van der Waals surface area contributed by atoms with Gasteiger partial charge in [-0.15, -0.1) is 0 Å². The number of fused-ring (bicyclic) bond motifs is 2. The Hall–Kier alpha value is -3.81. The van der Waals surface area contributed by atoms with E-state index in [1.165, 1.54) is 0 Å². The number of aryl methyl sites for hydroxylation is 1. The quantitative estimate of drug-likeness (QED) is 0.197. The molecule has 0 bridgehead atoms. The van der Waals surface area contributed by atoms with E-state index in [1.54, 1.807) is 17.4 Å². The number of amides is 1. The molecule has 3 aromatic rings. The van der Waals surface area contributed by atoms with Gasteiger partial charge in [-0.2, -0.15) is 0 Å². The Morgan fingerprint density at radius 2 is 2.03 bits per heavy atom. The van der Waals surface area contributed by atoms with Gasteiger partial charge in [0.1, 0.15) is 11.6 Å². The van der Waals surface area contributed by atoms with Crippen molar-refractivity contribution < 1.29 is 9.53 Å². The molecule has 3 heterocycles. The number of rotatable bonds is 4. The van der Waals surface area contributed by atoms with Crippen molar-refractivity contribution in [2.24, 2.45) is 18.1 Å².